The van der Waals surface area contributed by atoms with E-state index in [0.717, 1.165) is 17.0 Å². The van der Waals surface area contributed by atoms with Crippen molar-refractivity contribution < 1.29 is 18.0 Å². The molecule has 0 spiro atoms. The Morgan fingerprint density at radius 1 is 1.44 bits per heavy atom. The maximum atomic E-state index is 13.0. The van der Waals surface area contributed by atoms with E-state index in [0.29, 0.717) is 5.16 Å². The Morgan fingerprint density at radius 3 is 2.72 bits per heavy atom. The van der Waals surface area contributed by atoms with Crippen LogP contribution in [-0.4, -0.2) is 28.7 Å². The maximum Gasteiger partial charge on any atom is 0.416 e. The van der Waals surface area contributed by atoms with Gasteiger partial charge in [0, 0.05) is 5.69 Å². The van der Waals surface area contributed by atoms with Crippen molar-refractivity contribution in [1.29, 1.82) is 5.26 Å². The fourth-order valence-electron chi connectivity index (χ4n) is 2.03. The van der Waals surface area contributed by atoms with Gasteiger partial charge in [-0.3, -0.25) is 4.79 Å². The number of nitriles is 1. The lowest BCUT2D eigenvalue weighted by atomic mass is 10.1. The Labute approximate surface area is 145 Å². The van der Waals surface area contributed by atoms with Gasteiger partial charge >= 0.3 is 6.18 Å². The Morgan fingerprint density at radius 2 is 2.16 bits per heavy atom. The number of benzene rings is 1. The highest BCUT2D eigenvalue weighted by Crippen LogP contribution is 2.34. The number of thioether (sulfide) groups is 1. The quantitative estimate of drug-likeness (QED) is 0.645. The third kappa shape index (κ3) is 4.39. The van der Waals surface area contributed by atoms with E-state index in [1.807, 2.05) is 6.07 Å². The number of hydrogen-bond donors (Lipinski definition) is 1. The van der Waals surface area contributed by atoms with Gasteiger partial charge in [0.1, 0.15) is 18.2 Å². The second kappa shape index (κ2) is 7.40. The Kier molecular flexibility index (Phi) is 5.48. The molecule has 2 rings (SSSR count). The van der Waals surface area contributed by atoms with Crippen LogP contribution in [-0.2, 0) is 11.0 Å². The van der Waals surface area contributed by atoms with Crippen molar-refractivity contribution >= 4 is 29.2 Å². The Bertz CT molecular complexity index is 835. The predicted octanol–water partition coefficient (Wildman–Crippen LogP) is 2.71. The van der Waals surface area contributed by atoms with Gasteiger partial charge in [0.25, 0.3) is 0 Å². The first-order valence-electron chi connectivity index (χ1n) is 6.80. The summed E-state index contributed by atoms with van der Waals surface area (Å²) in [5, 5.41) is 9.54. The second-order valence-electron chi connectivity index (χ2n) is 4.81. The summed E-state index contributed by atoms with van der Waals surface area (Å²) in [4.78, 5) is 20.7. The van der Waals surface area contributed by atoms with Crippen LogP contribution in [0.15, 0.2) is 35.6 Å². The first kappa shape index (κ1) is 18.5. The number of primary amides is 1. The molecule has 0 radical (unpaired) electrons. The minimum absolute atomic E-state index is 0.0106. The summed E-state index contributed by atoms with van der Waals surface area (Å²) in [6, 6.07) is 6.22. The van der Waals surface area contributed by atoms with Gasteiger partial charge in [-0.2, -0.15) is 18.4 Å². The number of hydrogen-bond acceptors (Lipinski definition) is 6. The van der Waals surface area contributed by atoms with Crippen LogP contribution in [0.25, 0.3) is 0 Å². The summed E-state index contributed by atoms with van der Waals surface area (Å²) in [7, 11) is 0. The van der Waals surface area contributed by atoms with E-state index in [2.05, 4.69) is 9.97 Å². The summed E-state index contributed by atoms with van der Waals surface area (Å²) in [5.74, 6) is -0.773. The molecule has 1 amide bonds. The van der Waals surface area contributed by atoms with E-state index in [1.165, 1.54) is 30.1 Å². The number of aromatic nitrogens is 2. The van der Waals surface area contributed by atoms with Crippen molar-refractivity contribution in [3.8, 4) is 6.07 Å². The van der Waals surface area contributed by atoms with Crippen molar-refractivity contribution in [3.63, 3.8) is 0 Å². The smallest absolute Gasteiger partial charge is 0.368 e. The maximum absolute atomic E-state index is 13.0. The standard InChI is InChI=1S/C15H12F3N5OS/c1-25-14-21-7-9(6-19)13(22-14)23(8-12(20)24)11-4-2-3-10(5-11)15(16,17)18/h2-5,7H,8H2,1H3,(H2,20,24). The minimum Gasteiger partial charge on any atom is -0.368 e. The largest absolute Gasteiger partial charge is 0.416 e. The average Bonchev–Trinajstić information content (AvgIpc) is 2.58. The molecule has 130 valence electrons. The molecule has 1 heterocycles. The highest BCUT2D eigenvalue weighted by atomic mass is 32.2. The van der Waals surface area contributed by atoms with Crippen LogP contribution in [0.4, 0.5) is 24.7 Å². The van der Waals surface area contributed by atoms with Gasteiger partial charge < -0.3 is 10.6 Å². The molecule has 0 saturated heterocycles. The van der Waals surface area contributed by atoms with Crippen molar-refractivity contribution in [2.75, 3.05) is 17.7 Å². The Hall–Kier alpha value is -2.80. The third-order valence-corrected chi connectivity index (χ3v) is 3.67. The summed E-state index contributed by atoms with van der Waals surface area (Å²) in [6.07, 6.45) is -1.60. The van der Waals surface area contributed by atoms with Crippen LogP contribution in [0, 0.1) is 11.3 Å². The minimum atomic E-state index is -4.55. The predicted molar refractivity (Wildman–Crippen MR) is 86.2 cm³/mol. The van der Waals surface area contributed by atoms with Gasteiger partial charge in [-0.25, -0.2) is 9.97 Å². The molecule has 25 heavy (non-hydrogen) atoms. The van der Waals surface area contributed by atoms with Crippen LogP contribution in [0.1, 0.15) is 11.1 Å². The van der Waals surface area contributed by atoms with E-state index in [1.54, 1.807) is 6.26 Å². The summed E-state index contributed by atoms with van der Waals surface area (Å²) in [5.41, 5.74) is 4.38. The number of alkyl halides is 3. The molecule has 0 fully saturated rings. The summed E-state index contributed by atoms with van der Waals surface area (Å²) < 4.78 is 38.9. The highest BCUT2D eigenvalue weighted by Gasteiger charge is 2.31. The second-order valence-corrected chi connectivity index (χ2v) is 5.58. The van der Waals surface area contributed by atoms with Gasteiger partial charge in [0.2, 0.25) is 5.91 Å². The summed E-state index contributed by atoms with van der Waals surface area (Å²) in [6.45, 7) is -0.444. The molecule has 1 aromatic heterocycles. The van der Waals surface area contributed by atoms with Crippen LogP contribution in [0.2, 0.25) is 0 Å². The molecule has 0 unspecified atom stereocenters. The first-order valence-corrected chi connectivity index (χ1v) is 8.03. The zero-order chi connectivity index (χ0) is 18.6. The average molecular weight is 367 g/mol. The van der Waals surface area contributed by atoms with Crippen molar-refractivity contribution in [3.05, 3.63) is 41.6 Å². The highest BCUT2D eigenvalue weighted by molar-refractivity contribution is 7.98. The lowest BCUT2D eigenvalue weighted by Gasteiger charge is -2.24. The molecular weight excluding hydrogens is 355 g/mol. The van der Waals surface area contributed by atoms with Gasteiger partial charge in [0.05, 0.1) is 11.8 Å². The number of nitrogens with two attached hydrogens (primary N) is 1. The first-order chi connectivity index (χ1) is 11.8. The van der Waals surface area contributed by atoms with E-state index < -0.39 is 24.2 Å². The van der Waals surface area contributed by atoms with E-state index in [-0.39, 0.29) is 17.1 Å². The molecule has 0 atom stereocenters. The van der Waals surface area contributed by atoms with E-state index >= 15 is 0 Å². The molecule has 0 aliphatic rings. The van der Waals surface area contributed by atoms with Crippen LogP contribution >= 0.6 is 11.8 Å². The monoisotopic (exact) mass is 367 g/mol. The lowest BCUT2D eigenvalue weighted by molar-refractivity contribution is -0.137. The molecular formula is C15H12F3N5OS. The summed E-state index contributed by atoms with van der Waals surface area (Å²) >= 11 is 1.19. The normalized spacial score (nSPS) is 11.0. The van der Waals surface area contributed by atoms with Gasteiger partial charge in [-0.15, -0.1) is 0 Å². The fraction of sp³-hybridized carbons (Fsp3) is 0.200. The number of anilines is 2. The zero-order valence-electron chi connectivity index (χ0n) is 12.9. The number of halogens is 3. The zero-order valence-corrected chi connectivity index (χ0v) is 13.7. The number of nitrogens with zero attached hydrogens (tertiary/aromatic N) is 4. The van der Waals surface area contributed by atoms with Gasteiger partial charge in [-0.1, -0.05) is 17.8 Å². The Balaban J connectivity index is 2.62. The molecule has 0 aliphatic carbocycles. The van der Waals surface area contributed by atoms with E-state index in [4.69, 9.17) is 5.73 Å². The van der Waals surface area contributed by atoms with Crippen LogP contribution < -0.4 is 10.6 Å². The molecule has 10 heteroatoms. The van der Waals surface area contributed by atoms with Crippen molar-refractivity contribution in [2.45, 2.75) is 11.3 Å². The molecule has 2 aromatic rings. The molecule has 2 N–H and O–H groups in total. The number of amides is 1. The van der Waals surface area contributed by atoms with Crippen LogP contribution in [0.3, 0.4) is 0 Å². The number of carbonyl (C=O) groups is 1. The third-order valence-electron chi connectivity index (χ3n) is 3.10. The molecule has 0 aliphatic heterocycles. The van der Waals surface area contributed by atoms with Crippen molar-refractivity contribution in [1.82, 2.24) is 9.97 Å². The fourth-order valence-corrected chi connectivity index (χ4v) is 2.37. The van der Waals surface area contributed by atoms with E-state index in [9.17, 15) is 23.2 Å². The van der Waals surface area contributed by atoms with Crippen LogP contribution in [0.5, 0.6) is 0 Å². The van der Waals surface area contributed by atoms with Gasteiger partial charge in [-0.05, 0) is 24.5 Å². The lowest BCUT2D eigenvalue weighted by Crippen LogP contribution is -2.31. The topological polar surface area (TPSA) is 95.9 Å². The number of rotatable bonds is 5. The van der Waals surface area contributed by atoms with Gasteiger partial charge in [0.15, 0.2) is 11.0 Å². The molecule has 0 saturated carbocycles. The molecule has 0 bridgehead atoms. The number of carbonyl (C=O) groups excluding carboxylic acids is 1. The molecule has 1 aromatic carbocycles. The molecule has 6 nitrogen and oxygen atoms in total. The SMILES string of the molecule is CSc1ncc(C#N)c(N(CC(N)=O)c2cccc(C(F)(F)F)c2)n1. The van der Waals surface area contributed by atoms with Crippen molar-refractivity contribution in [2.24, 2.45) is 5.73 Å².